The first-order valence-corrected chi connectivity index (χ1v) is 6.01. The predicted octanol–water partition coefficient (Wildman–Crippen LogP) is 1.94. The molecule has 0 saturated carbocycles. The van der Waals surface area contributed by atoms with Gasteiger partial charge < -0.3 is 15.2 Å². The van der Waals surface area contributed by atoms with Gasteiger partial charge >= 0.3 is 11.6 Å². The Morgan fingerprint density at radius 2 is 2.14 bits per heavy atom. The second kappa shape index (κ2) is 5.04. The maximum absolute atomic E-state index is 14.2. The van der Waals surface area contributed by atoms with E-state index in [9.17, 15) is 23.3 Å². The fraction of sp³-hybridized carbons (Fsp3) is 0.417. The largest absolute Gasteiger partial charge is 0.490 e. The quantitative estimate of drug-likeness (QED) is 0.678. The number of alkyl halides is 2. The van der Waals surface area contributed by atoms with Crippen molar-refractivity contribution in [3.63, 3.8) is 0 Å². The van der Waals surface area contributed by atoms with E-state index in [-0.39, 0.29) is 5.75 Å². The molecule has 1 heterocycles. The molecule has 0 aliphatic carbocycles. The summed E-state index contributed by atoms with van der Waals surface area (Å²) in [7, 11) is 1.10. The summed E-state index contributed by atoms with van der Waals surface area (Å²) in [4.78, 5) is 13.6. The molecule has 0 spiro atoms. The summed E-state index contributed by atoms with van der Waals surface area (Å²) in [6, 6.07) is 0.784. The number of hydrogen-bond donors (Lipinski definition) is 1. The van der Waals surface area contributed by atoms with Crippen LogP contribution < -0.4 is 10.5 Å². The third kappa shape index (κ3) is 2.30. The first-order valence-electron chi connectivity index (χ1n) is 6.01. The van der Waals surface area contributed by atoms with Gasteiger partial charge in [0.25, 0.3) is 6.02 Å². The second-order valence-electron chi connectivity index (χ2n) is 4.78. The third-order valence-corrected chi connectivity index (χ3v) is 3.44. The molecule has 2 rings (SSSR count). The molecular formula is C12H12F3N3O4. The Bertz CT molecular complexity index is 665. The molecule has 0 radical (unpaired) electrons. The molecule has 7 nitrogen and oxygen atoms in total. The van der Waals surface area contributed by atoms with Crippen molar-refractivity contribution < 1.29 is 27.6 Å². The molecule has 0 amide bonds. The van der Waals surface area contributed by atoms with E-state index in [4.69, 9.17) is 5.73 Å². The topological polar surface area (TPSA) is 100.0 Å². The zero-order chi connectivity index (χ0) is 16.7. The molecule has 22 heavy (non-hydrogen) atoms. The fourth-order valence-electron chi connectivity index (χ4n) is 2.12. The molecule has 0 fully saturated rings. The van der Waals surface area contributed by atoms with Gasteiger partial charge in [-0.25, -0.2) is 9.38 Å². The van der Waals surface area contributed by atoms with Crippen LogP contribution in [0.4, 0.5) is 18.9 Å². The summed E-state index contributed by atoms with van der Waals surface area (Å²) in [5, 5.41) is 11.0. The number of nitrogens with two attached hydrogens (primary N) is 1. The van der Waals surface area contributed by atoms with Crippen LogP contribution in [0.5, 0.6) is 5.75 Å². The summed E-state index contributed by atoms with van der Waals surface area (Å²) in [5.41, 5.74) is 1.53. The van der Waals surface area contributed by atoms with Crippen molar-refractivity contribution in [2.75, 3.05) is 13.7 Å². The van der Waals surface area contributed by atoms with E-state index in [1.54, 1.807) is 0 Å². The number of benzene rings is 1. The van der Waals surface area contributed by atoms with Crippen molar-refractivity contribution >= 4 is 11.7 Å². The zero-order valence-corrected chi connectivity index (χ0v) is 11.6. The normalized spacial score (nSPS) is 23.4. The van der Waals surface area contributed by atoms with E-state index in [2.05, 4.69) is 14.5 Å². The summed E-state index contributed by atoms with van der Waals surface area (Å²) in [6.07, 6.45) is 0. The molecule has 1 aliphatic heterocycles. The summed E-state index contributed by atoms with van der Waals surface area (Å²) in [6.45, 7) is -0.185. The molecule has 1 aromatic carbocycles. The number of halogens is 3. The Balaban J connectivity index is 2.72. The number of nitro benzene ring substituents is 1. The van der Waals surface area contributed by atoms with E-state index >= 15 is 0 Å². The van der Waals surface area contributed by atoms with Gasteiger partial charge in [0.2, 0.25) is 0 Å². The second-order valence-corrected chi connectivity index (χ2v) is 4.78. The predicted molar refractivity (Wildman–Crippen MR) is 69.5 cm³/mol. The highest BCUT2D eigenvalue weighted by atomic mass is 19.3. The molecule has 2 N–H and O–H groups in total. The van der Waals surface area contributed by atoms with Crippen molar-refractivity contribution in [2.24, 2.45) is 10.7 Å². The Hall–Kier alpha value is -2.52. The lowest BCUT2D eigenvalue weighted by Crippen LogP contribution is -2.51. The van der Waals surface area contributed by atoms with Crippen molar-refractivity contribution in [2.45, 2.75) is 18.4 Å². The number of amidine groups is 1. The van der Waals surface area contributed by atoms with Gasteiger partial charge in [-0.1, -0.05) is 0 Å². The van der Waals surface area contributed by atoms with E-state index in [1.165, 1.54) is 0 Å². The minimum absolute atomic E-state index is 0.387. The maximum Gasteiger partial charge on any atom is 0.311 e. The molecule has 1 aliphatic rings. The maximum atomic E-state index is 14.2. The van der Waals surface area contributed by atoms with Crippen LogP contribution in [0.1, 0.15) is 12.5 Å². The van der Waals surface area contributed by atoms with Gasteiger partial charge in [0, 0.05) is 17.7 Å². The average Bonchev–Trinajstić information content (AvgIpc) is 2.42. The Morgan fingerprint density at radius 1 is 1.50 bits per heavy atom. The van der Waals surface area contributed by atoms with Crippen molar-refractivity contribution in [3.8, 4) is 5.75 Å². The average molecular weight is 319 g/mol. The lowest BCUT2D eigenvalue weighted by molar-refractivity contribution is -0.385. The number of ether oxygens (including phenoxy) is 2. The van der Waals surface area contributed by atoms with Gasteiger partial charge in [-0.15, -0.1) is 0 Å². The Kier molecular flexibility index (Phi) is 3.63. The number of methoxy groups -OCH3 is 1. The summed E-state index contributed by atoms with van der Waals surface area (Å²) < 4.78 is 51.6. The summed E-state index contributed by atoms with van der Waals surface area (Å²) >= 11 is 0. The van der Waals surface area contributed by atoms with Crippen LogP contribution in [0.25, 0.3) is 0 Å². The molecule has 1 atom stereocenters. The molecule has 0 bridgehead atoms. The number of hydrogen-bond acceptors (Lipinski definition) is 6. The zero-order valence-electron chi connectivity index (χ0n) is 11.6. The first-order chi connectivity index (χ1) is 10.1. The van der Waals surface area contributed by atoms with Crippen LogP contribution in [0.3, 0.4) is 0 Å². The molecule has 1 aromatic rings. The fourth-order valence-corrected chi connectivity index (χ4v) is 2.12. The monoisotopic (exact) mass is 319 g/mol. The standard InChI is InChI=1S/C12H12F3N3O4/c1-11(12(14,15)5-22-10(16)17-11)6-3-8(18(19)20)9(21-2)4-7(6)13/h3-4H,5H2,1-2H3,(H2,16,17). The van der Waals surface area contributed by atoms with Gasteiger partial charge in [0.1, 0.15) is 5.82 Å². The van der Waals surface area contributed by atoms with Crippen molar-refractivity contribution in [1.29, 1.82) is 0 Å². The first kappa shape index (κ1) is 15.9. The smallest absolute Gasteiger partial charge is 0.311 e. The van der Waals surface area contributed by atoms with Gasteiger partial charge in [0.05, 0.1) is 12.0 Å². The van der Waals surface area contributed by atoms with Crippen LogP contribution in [0.2, 0.25) is 0 Å². The van der Waals surface area contributed by atoms with Gasteiger partial charge in [-0.3, -0.25) is 10.1 Å². The molecular weight excluding hydrogens is 307 g/mol. The third-order valence-electron chi connectivity index (χ3n) is 3.44. The number of rotatable bonds is 3. The van der Waals surface area contributed by atoms with Crippen LogP contribution in [-0.4, -0.2) is 30.6 Å². The van der Waals surface area contributed by atoms with E-state index < -0.39 is 46.1 Å². The molecule has 0 saturated heterocycles. The van der Waals surface area contributed by atoms with Crippen LogP contribution in [0, 0.1) is 15.9 Å². The van der Waals surface area contributed by atoms with Crippen LogP contribution in [-0.2, 0) is 10.3 Å². The lowest BCUT2D eigenvalue weighted by atomic mass is 9.85. The van der Waals surface area contributed by atoms with Gasteiger partial charge in [-0.05, 0) is 6.92 Å². The van der Waals surface area contributed by atoms with E-state index in [0.717, 1.165) is 14.0 Å². The van der Waals surface area contributed by atoms with Crippen molar-refractivity contribution in [3.05, 3.63) is 33.6 Å². The highest BCUT2D eigenvalue weighted by molar-refractivity contribution is 5.73. The molecule has 120 valence electrons. The summed E-state index contributed by atoms with van der Waals surface area (Å²) in [5.74, 6) is -5.12. The van der Waals surface area contributed by atoms with Crippen LogP contribution in [0.15, 0.2) is 17.1 Å². The highest BCUT2D eigenvalue weighted by Gasteiger charge is 2.56. The van der Waals surface area contributed by atoms with Crippen molar-refractivity contribution in [1.82, 2.24) is 0 Å². The SMILES string of the molecule is COc1cc(F)c(C2(C)N=C(N)OCC2(F)F)cc1[N+](=O)[O-]. The van der Waals surface area contributed by atoms with Gasteiger partial charge in [0.15, 0.2) is 17.9 Å². The molecule has 10 heteroatoms. The number of nitrogens with zero attached hydrogens (tertiary/aromatic N) is 2. The number of nitro groups is 1. The van der Waals surface area contributed by atoms with Gasteiger partial charge in [-0.2, -0.15) is 8.78 Å². The van der Waals surface area contributed by atoms with E-state index in [0.29, 0.717) is 12.1 Å². The van der Waals surface area contributed by atoms with E-state index in [1.807, 2.05) is 0 Å². The highest BCUT2D eigenvalue weighted by Crippen LogP contribution is 2.46. The van der Waals surface area contributed by atoms with Crippen LogP contribution >= 0.6 is 0 Å². The molecule has 0 aromatic heterocycles. The molecule has 1 unspecified atom stereocenters. The minimum Gasteiger partial charge on any atom is -0.490 e. The lowest BCUT2D eigenvalue weighted by Gasteiger charge is -2.37. The minimum atomic E-state index is -3.61. The number of aliphatic imine (C=N–C) groups is 1. The Morgan fingerprint density at radius 3 is 2.68 bits per heavy atom. The Labute approximate surface area is 122 Å².